The maximum Gasteiger partial charge on any atom is 0.410 e. The van der Waals surface area contributed by atoms with Gasteiger partial charge in [0.25, 0.3) is 0 Å². The molecule has 1 heterocycles. The molecule has 7 heteroatoms. The molecule has 2 amide bonds. The molecule has 0 spiro atoms. The summed E-state index contributed by atoms with van der Waals surface area (Å²) in [4.78, 5) is 30.5. The molecule has 7 nitrogen and oxygen atoms in total. The lowest BCUT2D eigenvalue weighted by Gasteiger charge is -2.35. The van der Waals surface area contributed by atoms with Crippen LogP contribution in [-0.2, 0) is 28.9 Å². The first-order valence-electron chi connectivity index (χ1n) is 17.4. The zero-order valence-corrected chi connectivity index (χ0v) is 28.0. The summed E-state index contributed by atoms with van der Waals surface area (Å²) >= 11 is 0. The number of nitrogens with one attached hydrogen (secondary N) is 1. The average Bonchev–Trinajstić information content (AvgIpc) is 3.12. The van der Waals surface area contributed by atoms with Crippen LogP contribution in [0, 0.1) is 5.92 Å². The molecule has 0 aromatic heterocycles. The fraction of sp³-hybridized carbons (Fsp3) is 0.366. The van der Waals surface area contributed by atoms with Crippen LogP contribution >= 0.6 is 0 Å². The number of carbonyl (C=O) groups is 2. The van der Waals surface area contributed by atoms with Gasteiger partial charge in [-0.2, -0.15) is 0 Å². The Balaban J connectivity index is 1.22. The molecule has 4 aromatic carbocycles. The second-order valence-electron chi connectivity index (χ2n) is 13.4. The van der Waals surface area contributed by atoms with Crippen LogP contribution in [0.1, 0.15) is 55.2 Å². The molecule has 0 atom stereocenters. The first-order chi connectivity index (χ1) is 23.4. The second-order valence-corrected chi connectivity index (χ2v) is 13.4. The number of ether oxygens (including phenoxy) is 1. The summed E-state index contributed by atoms with van der Waals surface area (Å²) < 4.78 is 5.19. The van der Waals surface area contributed by atoms with Crippen LogP contribution in [0.15, 0.2) is 103 Å². The molecule has 2 fully saturated rings. The molecule has 2 aliphatic rings. The van der Waals surface area contributed by atoms with Crippen LogP contribution in [0.3, 0.4) is 0 Å². The highest BCUT2D eigenvalue weighted by atomic mass is 16.5. The van der Waals surface area contributed by atoms with Crippen molar-refractivity contribution in [3.63, 3.8) is 0 Å². The maximum atomic E-state index is 13.4. The summed E-state index contributed by atoms with van der Waals surface area (Å²) in [6.45, 7) is 2.36. The van der Waals surface area contributed by atoms with Gasteiger partial charge in [0.15, 0.2) is 0 Å². The molecule has 0 unspecified atom stereocenters. The normalized spacial score (nSPS) is 18.2. The van der Waals surface area contributed by atoms with Gasteiger partial charge in [-0.1, -0.05) is 84.9 Å². The lowest BCUT2D eigenvalue weighted by atomic mass is 9.90. The molecular weight excluding hydrogens is 596 g/mol. The predicted octanol–water partition coefficient (Wildman–Crippen LogP) is 7.83. The van der Waals surface area contributed by atoms with Gasteiger partial charge in [-0.15, -0.1) is 0 Å². The molecule has 3 N–H and O–H groups in total. The summed E-state index contributed by atoms with van der Waals surface area (Å²) in [7, 11) is 1.45. The van der Waals surface area contributed by atoms with Gasteiger partial charge in [0, 0.05) is 31.7 Å². The van der Waals surface area contributed by atoms with E-state index in [0.29, 0.717) is 18.9 Å². The van der Waals surface area contributed by atoms with Crippen LogP contribution in [0.5, 0.6) is 0 Å². The Morgan fingerprint density at radius 2 is 1.42 bits per heavy atom. The highest BCUT2D eigenvalue weighted by Crippen LogP contribution is 2.35. The Morgan fingerprint density at radius 3 is 2.10 bits per heavy atom. The minimum Gasteiger partial charge on any atom is -0.453 e. The minimum absolute atomic E-state index is 0.0340. The van der Waals surface area contributed by atoms with Crippen molar-refractivity contribution in [1.82, 2.24) is 4.90 Å². The number of piperidine rings is 1. The van der Waals surface area contributed by atoms with Crippen molar-refractivity contribution < 1.29 is 14.3 Å². The van der Waals surface area contributed by atoms with E-state index in [2.05, 4.69) is 76.9 Å². The number of anilines is 2. The molecule has 0 radical (unpaired) electrons. The highest BCUT2D eigenvalue weighted by Gasteiger charge is 2.29. The summed E-state index contributed by atoms with van der Waals surface area (Å²) in [6.07, 6.45) is 6.92. The van der Waals surface area contributed by atoms with E-state index in [1.54, 1.807) is 0 Å². The van der Waals surface area contributed by atoms with Gasteiger partial charge in [-0.25, -0.2) is 4.79 Å². The van der Waals surface area contributed by atoms with Crippen LogP contribution < -0.4 is 16.0 Å². The smallest absolute Gasteiger partial charge is 0.410 e. The lowest BCUT2D eigenvalue weighted by molar-refractivity contribution is -0.115. The number of hydrogen-bond acceptors (Lipinski definition) is 5. The Bertz CT molecular complexity index is 1650. The molecule has 0 bridgehead atoms. The molecule has 1 saturated carbocycles. The van der Waals surface area contributed by atoms with E-state index in [-0.39, 0.29) is 24.1 Å². The number of nitrogens with two attached hydrogens (primary N) is 1. The van der Waals surface area contributed by atoms with E-state index >= 15 is 0 Å². The van der Waals surface area contributed by atoms with Crippen molar-refractivity contribution in [2.75, 3.05) is 30.4 Å². The number of methoxy groups -OCH3 is 1. The largest absolute Gasteiger partial charge is 0.453 e. The Hall–Kier alpha value is -4.62. The second kappa shape index (κ2) is 16.0. The molecule has 6 rings (SSSR count). The number of rotatable bonds is 10. The fourth-order valence-electron chi connectivity index (χ4n) is 7.31. The molecule has 1 saturated heterocycles. The third-order valence-corrected chi connectivity index (χ3v) is 10.0. The predicted molar refractivity (Wildman–Crippen MR) is 194 cm³/mol. The summed E-state index contributed by atoms with van der Waals surface area (Å²) in [5.41, 5.74) is 13.5. The van der Waals surface area contributed by atoms with Crippen molar-refractivity contribution in [2.24, 2.45) is 11.7 Å². The number of benzene rings is 4. The standard InChI is InChI=1S/C41H48N4O3/c1-48-41(47)45(37-18-16-36(42)17-19-37)29-33-13-8-14-34(26-33)35-15-20-39(38(28-35)43-40(46)27-31-11-6-3-7-12-31)44-23-21-32(22-24-44)25-30-9-4-2-5-10-30/h2-15,20,26,28,32,36-37H,16-19,21-25,27,29,42H2,1H3,(H,43,46). The van der Waals surface area contributed by atoms with Gasteiger partial charge >= 0.3 is 6.09 Å². The topological polar surface area (TPSA) is 87.9 Å². The van der Waals surface area contributed by atoms with E-state index in [1.807, 2.05) is 41.3 Å². The number of carbonyl (C=O) groups excluding carboxylic acids is 2. The van der Waals surface area contributed by atoms with Gasteiger partial charge < -0.3 is 25.6 Å². The van der Waals surface area contributed by atoms with E-state index in [1.165, 1.54) is 12.7 Å². The SMILES string of the molecule is COC(=O)N(Cc1cccc(-c2ccc(N3CCC(Cc4ccccc4)CC3)c(NC(=O)Cc3ccccc3)c2)c1)C1CCC(N)CC1. The van der Waals surface area contributed by atoms with Crippen molar-refractivity contribution in [1.29, 1.82) is 0 Å². The molecule has 1 aliphatic carbocycles. The lowest BCUT2D eigenvalue weighted by Crippen LogP contribution is -2.43. The monoisotopic (exact) mass is 644 g/mol. The Labute approximate surface area is 285 Å². The fourth-order valence-corrected chi connectivity index (χ4v) is 7.31. The van der Waals surface area contributed by atoms with Crippen molar-refractivity contribution >= 4 is 23.4 Å². The van der Waals surface area contributed by atoms with E-state index in [4.69, 9.17) is 10.5 Å². The Kier molecular flexibility index (Phi) is 11.1. The first kappa shape index (κ1) is 33.3. The van der Waals surface area contributed by atoms with Gasteiger partial charge in [-0.3, -0.25) is 4.79 Å². The molecule has 48 heavy (non-hydrogen) atoms. The first-order valence-corrected chi connectivity index (χ1v) is 17.4. The Morgan fingerprint density at radius 1 is 0.771 bits per heavy atom. The van der Waals surface area contributed by atoms with E-state index in [0.717, 1.165) is 91.7 Å². The molecule has 1 aliphatic heterocycles. The van der Waals surface area contributed by atoms with Crippen LogP contribution in [0.25, 0.3) is 11.1 Å². The quantitative estimate of drug-likeness (QED) is 0.184. The van der Waals surface area contributed by atoms with Crippen LogP contribution in [0.4, 0.5) is 16.2 Å². The van der Waals surface area contributed by atoms with Gasteiger partial charge in [0.2, 0.25) is 5.91 Å². The summed E-state index contributed by atoms with van der Waals surface area (Å²) in [5, 5.41) is 3.27. The van der Waals surface area contributed by atoms with Crippen molar-refractivity contribution in [3.05, 3.63) is 120 Å². The number of amides is 2. The van der Waals surface area contributed by atoms with E-state index in [9.17, 15) is 9.59 Å². The van der Waals surface area contributed by atoms with Gasteiger partial charge in [-0.05, 0) is 96.9 Å². The average molecular weight is 645 g/mol. The maximum absolute atomic E-state index is 13.4. The minimum atomic E-state index is -0.304. The third-order valence-electron chi connectivity index (χ3n) is 10.0. The number of nitrogens with zero attached hydrogens (tertiary/aromatic N) is 2. The molecular formula is C41H48N4O3. The number of hydrogen-bond donors (Lipinski definition) is 2. The summed E-state index contributed by atoms with van der Waals surface area (Å²) in [5.74, 6) is 0.616. The highest BCUT2D eigenvalue weighted by molar-refractivity contribution is 5.96. The van der Waals surface area contributed by atoms with Gasteiger partial charge in [0.1, 0.15) is 0 Å². The van der Waals surface area contributed by atoms with Gasteiger partial charge in [0.05, 0.1) is 24.9 Å². The molecule has 250 valence electrons. The van der Waals surface area contributed by atoms with Crippen molar-refractivity contribution in [3.8, 4) is 11.1 Å². The van der Waals surface area contributed by atoms with Crippen LogP contribution in [0.2, 0.25) is 0 Å². The van der Waals surface area contributed by atoms with E-state index < -0.39 is 0 Å². The van der Waals surface area contributed by atoms with Crippen LogP contribution in [-0.4, -0.2) is 49.2 Å². The zero-order valence-electron chi connectivity index (χ0n) is 28.0. The molecule has 4 aromatic rings. The third kappa shape index (κ3) is 8.64. The van der Waals surface area contributed by atoms with Crippen molar-refractivity contribution in [2.45, 2.75) is 70.0 Å². The summed E-state index contributed by atoms with van der Waals surface area (Å²) in [6, 6.07) is 35.7. The zero-order chi connectivity index (χ0) is 33.3.